The second-order valence-electron chi connectivity index (χ2n) is 5.43. The lowest BCUT2D eigenvalue weighted by molar-refractivity contribution is 0.179. The van der Waals surface area contributed by atoms with Crippen LogP contribution in [0.4, 0.5) is 0 Å². The second-order valence-corrected chi connectivity index (χ2v) is 7.75. The average Bonchev–Trinajstić information content (AvgIpc) is 2.61. The minimum Gasteiger partial charge on any atom is -0.490 e. The van der Waals surface area contributed by atoms with Crippen molar-refractivity contribution in [2.24, 2.45) is 0 Å². The molecule has 1 N–H and O–H groups in total. The third-order valence-corrected chi connectivity index (χ3v) is 6.01. The molecule has 1 atom stereocenters. The molecule has 1 aromatic heterocycles. The first-order valence-electron chi connectivity index (χ1n) is 7.58. The normalized spacial score (nSPS) is 19.1. The Bertz CT molecular complexity index is 769. The standard InChI is InChI=1S/C16H18ClN3O3S/c17-13-3-5-16(6-4-13)24(21,22)20-9-8-19-10-14(20)12-23-15-2-1-7-18-11-15/h1-7,11,14,19H,8-10,12H2. The van der Waals surface area contributed by atoms with Gasteiger partial charge < -0.3 is 10.1 Å². The van der Waals surface area contributed by atoms with Gasteiger partial charge >= 0.3 is 0 Å². The number of hydrogen-bond donors (Lipinski definition) is 1. The van der Waals surface area contributed by atoms with E-state index >= 15 is 0 Å². The van der Waals surface area contributed by atoms with Crippen molar-refractivity contribution in [1.82, 2.24) is 14.6 Å². The smallest absolute Gasteiger partial charge is 0.243 e. The van der Waals surface area contributed by atoms with Crippen LogP contribution in [-0.2, 0) is 10.0 Å². The Labute approximate surface area is 146 Å². The van der Waals surface area contributed by atoms with E-state index in [1.54, 1.807) is 36.7 Å². The van der Waals surface area contributed by atoms with Gasteiger partial charge in [0, 0.05) is 30.9 Å². The van der Waals surface area contributed by atoms with Crippen LogP contribution in [0.25, 0.3) is 0 Å². The number of aromatic nitrogens is 1. The Morgan fingerprint density at radius 1 is 1.29 bits per heavy atom. The molecule has 0 saturated carbocycles. The molecule has 0 radical (unpaired) electrons. The van der Waals surface area contributed by atoms with E-state index in [0.717, 1.165) is 0 Å². The number of sulfonamides is 1. The van der Waals surface area contributed by atoms with Crippen LogP contribution in [0.1, 0.15) is 0 Å². The van der Waals surface area contributed by atoms with E-state index in [1.807, 2.05) is 0 Å². The summed E-state index contributed by atoms with van der Waals surface area (Å²) in [6.07, 6.45) is 3.26. The van der Waals surface area contributed by atoms with Crippen LogP contribution >= 0.6 is 11.6 Å². The summed E-state index contributed by atoms with van der Waals surface area (Å²) in [6, 6.07) is 9.49. The molecule has 24 heavy (non-hydrogen) atoms. The number of nitrogens with one attached hydrogen (secondary N) is 1. The number of benzene rings is 1. The van der Waals surface area contributed by atoms with E-state index in [4.69, 9.17) is 16.3 Å². The summed E-state index contributed by atoms with van der Waals surface area (Å²) >= 11 is 5.85. The van der Waals surface area contributed by atoms with Crippen molar-refractivity contribution in [3.63, 3.8) is 0 Å². The van der Waals surface area contributed by atoms with Gasteiger partial charge in [-0.25, -0.2) is 8.42 Å². The lowest BCUT2D eigenvalue weighted by Gasteiger charge is -2.34. The van der Waals surface area contributed by atoms with Gasteiger partial charge in [0.25, 0.3) is 0 Å². The molecule has 2 heterocycles. The molecule has 2 aromatic rings. The van der Waals surface area contributed by atoms with Gasteiger partial charge in [0.05, 0.1) is 17.1 Å². The first kappa shape index (κ1) is 17.2. The zero-order valence-electron chi connectivity index (χ0n) is 12.9. The van der Waals surface area contributed by atoms with E-state index < -0.39 is 10.0 Å². The molecule has 1 aromatic carbocycles. The maximum absolute atomic E-state index is 12.9. The zero-order valence-corrected chi connectivity index (χ0v) is 14.5. The number of pyridine rings is 1. The largest absolute Gasteiger partial charge is 0.490 e. The monoisotopic (exact) mass is 367 g/mol. The molecule has 0 aliphatic carbocycles. The van der Waals surface area contributed by atoms with Gasteiger partial charge in [0.2, 0.25) is 10.0 Å². The van der Waals surface area contributed by atoms with E-state index in [2.05, 4.69) is 10.3 Å². The minimum absolute atomic E-state index is 0.236. The van der Waals surface area contributed by atoms with Gasteiger partial charge in [0.1, 0.15) is 12.4 Å². The predicted octanol–water partition coefficient (Wildman–Crippen LogP) is 1.78. The molecule has 0 spiro atoms. The lowest BCUT2D eigenvalue weighted by Crippen LogP contribution is -2.55. The van der Waals surface area contributed by atoms with Gasteiger partial charge in [-0.05, 0) is 36.4 Å². The quantitative estimate of drug-likeness (QED) is 0.872. The number of hydrogen-bond acceptors (Lipinski definition) is 5. The molecule has 1 fully saturated rings. The van der Waals surface area contributed by atoms with Crippen LogP contribution in [0.15, 0.2) is 53.7 Å². The molecule has 1 saturated heterocycles. The summed E-state index contributed by atoms with van der Waals surface area (Å²) < 4.78 is 33.0. The third kappa shape index (κ3) is 3.87. The molecule has 6 nitrogen and oxygen atoms in total. The van der Waals surface area contributed by atoms with Gasteiger partial charge in [-0.3, -0.25) is 4.98 Å². The highest BCUT2D eigenvalue weighted by Crippen LogP contribution is 2.22. The van der Waals surface area contributed by atoms with E-state index in [-0.39, 0.29) is 17.5 Å². The van der Waals surface area contributed by atoms with Gasteiger partial charge in [-0.2, -0.15) is 4.31 Å². The molecule has 0 amide bonds. The van der Waals surface area contributed by atoms with Gasteiger partial charge in [0.15, 0.2) is 0 Å². The Balaban J connectivity index is 1.77. The maximum Gasteiger partial charge on any atom is 0.243 e. The number of ether oxygens (including phenoxy) is 1. The zero-order chi connectivity index (χ0) is 17.0. The molecule has 8 heteroatoms. The highest BCUT2D eigenvalue weighted by atomic mass is 35.5. The van der Waals surface area contributed by atoms with Crippen molar-refractivity contribution in [3.05, 3.63) is 53.8 Å². The third-order valence-electron chi connectivity index (χ3n) is 3.79. The highest BCUT2D eigenvalue weighted by Gasteiger charge is 2.33. The predicted molar refractivity (Wildman–Crippen MR) is 91.7 cm³/mol. The minimum atomic E-state index is -3.59. The summed E-state index contributed by atoms with van der Waals surface area (Å²) in [7, 11) is -3.59. The van der Waals surface area contributed by atoms with Crippen molar-refractivity contribution < 1.29 is 13.2 Å². The first-order chi connectivity index (χ1) is 11.6. The molecule has 0 bridgehead atoms. The van der Waals surface area contributed by atoms with Crippen LogP contribution in [0.3, 0.4) is 0 Å². The summed E-state index contributed by atoms with van der Waals surface area (Å²) in [5.74, 6) is 0.618. The fourth-order valence-electron chi connectivity index (χ4n) is 2.57. The van der Waals surface area contributed by atoms with Gasteiger partial charge in [-0.15, -0.1) is 0 Å². The number of halogens is 1. The van der Waals surface area contributed by atoms with Crippen molar-refractivity contribution in [1.29, 1.82) is 0 Å². The summed E-state index contributed by atoms with van der Waals surface area (Å²) in [5.41, 5.74) is 0. The van der Waals surface area contributed by atoms with Crippen molar-refractivity contribution in [3.8, 4) is 5.75 Å². The topological polar surface area (TPSA) is 71.5 Å². The van der Waals surface area contributed by atoms with Crippen molar-refractivity contribution in [2.45, 2.75) is 10.9 Å². The molecule has 1 unspecified atom stereocenters. The number of nitrogens with zero attached hydrogens (tertiary/aromatic N) is 2. The molecular weight excluding hydrogens is 350 g/mol. The molecular formula is C16H18ClN3O3S. The first-order valence-corrected chi connectivity index (χ1v) is 9.40. The molecule has 1 aliphatic heterocycles. The Morgan fingerprint density at radius 3 is 2.79 bits per heavy atom. The Morgan fingerprint density at radius 2 is 2.08 bits per heavy atom. The van der Waals surface area contributed by atoms with Crippen LogP contribution in [0.2, 0.25) is 5.02 Å². The van der Waals surface area contributed by atoms with E-state index in [1.165, 1.54) is 16.4 Å². The second kappa shape index (κ2) is 7.48. The fraction of sp³-hybridized carbons (Fsp3) is 0.312. The number of rotatable bonds is 5. The van der Waals surface area contributed by atoms with Crippen molar-refractivity contribution in [2.75, 3.05) is 26.2 Å². The van der Waals surface area contributed by atoms with E-state index in [9.17, 15) is 8.42 Å². The Hall–Kier alpha value is -1.67. The maximum atomic E-state index is 12.9. The van der Waals surface area contributed by atoms with Crippen LogP contribution in [0.5, 0.6) is 5.75 Å². The average molecular weight is 368 g/mol. The summed E-state index contributed by atoms with van der Waals surface area (Å²) in [5, 5.41) is 3.72. The van der Waals surface area contributed by atoms with E-state index in [0.29, 0.717) is 30.4 Å². The highest BCUT2D eigenvalue weighted by molar-refractivity contribution is 7.89. The molecule has 1 aliphatic rings. The number of piperazine rings is 1. The SMILES string of the molecule is O=S(=O)(c1ccc(Cl)cc1)N1CCNCC1COc1cccnc1. The van der Waals surface area contributed by atoms with Crippen LogP contribution < -0.4 is 10.1 Å². The summed E-state index contributed by atoms with van der Waals surface area (Å²) in [4.78, 5) is 4.22. The summed E-state index contributed by atoms with van der Waals surface area (Å²) in [6.45, 7) is 1.79. The molecule has 3 rings (SSSR count). The van der Waals surface area contributed by atoms with Crippen LogP contribution in [0, 0.1) is 0 Å². The van der Waals surface area contributed by atoms with Gasteiger partial charge in [-0.1, -0.05) is 11.6 Å². The Kier molecular flexibility index (Phi) is 5.35. The van der Waals surface area contributed by atoms with Crippen molar-refractivity contribution >= 4 is 21.6 Å². The lowest BCUT2D eigenvalue weighted by atomic mass is 10.2. The molecule has 128 valence electrons. The fourth-order valence-corrected chi connectivity index (χ4v) is 4.30. The van der Waals surface area contributed by atoms with Crippen LogP contribution in [-0.4, -0.2) is 50.0 Å².